The lowest BCUT2D eigenvalue weighted by Gasteiger charge is -2.31. The van der Waals surface area contributed by atoms with Crippen LogP contribution in [0.25, 0.3) is 0 Å². The van der Waals surface area contributed by atoms with E-state index >= 15 is 0 Å². The average molecular weight is 289 g/mol. The summed E-state index contributed by atoms with van der Waals surface area (Å²) in [4.78, 5) is 0. The van der Waals surface area contributed by atoms with Gasteiger partial charge in [-0.05, 0) is 38.8 Å². The first-order valence-electron chi connectivity index (χ1n) is 7.69. The van der Waals surface area contributed by atoms with Crippen LogP contribution in [0.2, 0.25) is 0 Å². The minimum Gasteiger partial charge on any atom is -0.465 e. The molecule has 21 heavy (non-hydrogen) atoms. The second kappa shape index (κ2) is 6.45. The molecule has 2 atom stereocenters. The van der Waals surface area contributed by atoms with E-state index < -0.39 is 0 Å². The molecule has 2 aromatic rings. The van der Waals surface area contributed by atoms with Crippen molar-refractivity contribution in [2.24, 2.45) is 0 Å². The molecule has 0 unspecified atom stereocenters. The van der Waals surface area contributed by atoms with Crippen molar-refractivity contribution in [2.45, 2.75) is 51.9 Å². The maximum absolute atomic E-state index is 5.98. The lowest BCUT2D eigenvalue weighted by molar-refractivity contribution is -0.0116. The summed E-state index contributed by atoms with van der Waals surface area (Å²) in [7, 11) is 0. The van der Waals surface area contributed by atoms with Gasteiger partial charge in [0, 0.05) is 31.0 Å². The van der Waals surface area contributed by atoms with Crippen molar-refractivity contribution in [3.63, 3.8) is 0 Å². The molecule has 3 heterocycles. The van der Waals surface area contributed by atoms with Gasteiger partial charge in [-0.3, -0.25) is 4.68 Å². The summed E-state index contributed by atoms with van der Waals surface area (Å²) < 4.78 is 13.5. The van der Waals surface area contributed by atoms with Crippen LogP contribution in [0.15, 0.2) is 28.9 Å². The molecule has 1 fully saturated rings. The third kappa shape index (κ3) is 3.36. The van der Waals surface area contributed by atoms with Gasteiger partial charge in [-0.15, -0.1) is 0 Å². The topological polar surface area (TPSA) is 52.2 Å². The highest BCUT2D eigenvalue weighted by Crippen LogP contribution is 2.28. The molecule has 0 aliphatic carbocycles. The average Bonchev–Trinajstić information content (AvgIpc) is 3.14. The smallest absolute Gasteiger partial charge is 0.117 e. The first-order valence-corrected chi connectivity index (χ1v) is 7.69. The Hall–Kier alpha value is -1.59. The van der Waals surface area contributed by atoms with Crippen LogP contribution in [0, 0.1) is 6.92 Å². The van der Waals surface area contributed by atoms with Crippen LogP contribution >= 0.6 is 0 Å². The van der Waals surface area contributed by atoms with Crippen molar-refractivity contribution < 1.29 is 9.15 Å². The fraction of sp³-hybridized carbons (Fsp3) is 0.562. The molecule has 0 radical (unpaired) electrons. The summed E-state index contributed by atoms with van der Waals surface area (Å²) >= 11 is 0. The highest BCUT2D eigenvalue weighted by molar-refractivity contribution is 5.13. The summed E-state index contributed by atoms with van der Waals surface area (Å²) in [5.74, 6) is 1.92. The van der Waals surface area contributed by atoms with Gasteiger partial charge in [0.1, 0.15) is 17.6 Å². The summed E-state index contributed by atoms with van der Waals surface area (Å²) in [5.41, 5.74) is 1.16. The van der Waals surface area contributed by atoms with E-state index in [9.17, 15) is 0 Å². The van der Waals surface area contributed by atoms with Crippen molar-refractivity contribution in [1.82, 2.24) is 15.1 Å². The number of hydrogen-bond donors (Lipinski definition) is 1. The minimum absolute atomic E-state index is 0.0788. The van der Waals surface area contributed by atoms with Gasteiger partial charge >= 0.3 is 0 Å². The molecular weight excluding hydrogens is 266 g/mol. The standard InChI is InChI=1S/C16H23N3O2/c1-3-19-11-13(9-18-19)16-15(5-4-8-20-16)17-10-14-7-6-12(2)21-14/h6-7,9,11,15-17H,3-5,8,10H2,1-2H3/t15-,16+/m0/s1. The lowest BCUT2D eigenvalue weighted by atomic mass is 9.98. The van der Waals surface area contributed by atoms with Gasteiger partial charge in [0.2, 0.25) is 0 Å². The molecule has 114 valence electrons. The first kappa shape index (κ1) is 14.4. The van der Waals surface area contributed by atoms with E-state index in [1.807, 2.05) is 29.9 Å². The number of nitrogens with one attached hydrogen (secondary N) is 1. The van der Waals surface area contributed by atoms with Crippen molar-refractivity contribution in [2.75, 3.05) is 6.61 Å². The van der Waals surface area contributed by atoms with Gasteiger partial charge in [0.25, 0.3) is 0 Å². The van der Waals surface area contributed by atoms with Crippen LogP contribution in [0.4, 0.5) is 0 Å². The van der Waals surface area contributed by atoms with E-state index in [4.69, 9.17) is 9.15 Å². The molecule has 5 nitrogen and oxygen atoms in total. The van der Waals surface area contributed by atoms with E-state index in [0.29, 0.717) is 6.04 Å². The predicted molar refractivity (Wildman–Crippen MR) is 79.9 cm³/mol. The number of ether oxygens (including phenoxy) is 1. The molecule has 3 rings (SSSR count). The zero-order valence-corrected chi connectivity index (χ0v) is 12.7. The summed E-state index contributed by atoms with van der Waals surface area (Å²) in [6.07, 6.45) is 6.29. The molecule has 1 N–H and O–H groups in total. The molecule has 2 aromatic heterocycles. The summed E-state index contributed by atoms with van der Waals surface area (Å²) in [6.45, 7) is 6.50. The third-order valence-corrected chi connectivity index (χ3v) is 3.96. The second-order valence-electron chi connectivity index (χ2n) is 5.56. The maximum atomic E-state index is 5.98. The first-order chi connectivity index (χ1) is 10.3. The Morgan fingerprint density at radius 3 is 3.05 bits per heavy atom. The monoisotopic (exact) mass is 289 g/mol. The van der Waals surface area contributed by atoms with E-state index in [-0.39, 0.29) is 6.10 Å². The largest absolute Gasteiger partial charge is 0.465 e. The molecular formula is C16H23N3O2. The predicted octanol–water partition coefficient (Wildman–Crippen LogP) is 2.81. The molecule has 1 aliphatic heterocycles. The third-order valence-electron chi connectivity index (χ3n) is 3.96. The molecule has 1 aliphatic rings. The van der Waals surface area contributed by atoms with Crippen LogP contribution in [-0.4, -0.2) is 22.4 Å². The molecule has 0 amide bonds. The number of nitrogens with zero attached hydrogens (tertiary/aromatic N) is 2. The number of furan rings is 1. The van der Waals surface area contributed by atoms with Gasteiger partial charge in [-0.2, -0.15) is 5.10 Å². The Morgan fingerprint density at radius 2 is 2.33 bits per heavy atom. The quantitative estimate of drug-likeness (QED) is 0.919. The molecule has 5 heteroatoms. The fourth-order valence-electron chi connectivity index (χ4n) is 2.83. The maximum Gasteiger partial charge on any atom is 0.117 e. The second-order valence-corrected chi connectivity index (χ2v) is 5.56. The van der Waals surface area contributed by atoms with Crippen molar-refractivity contribution in [1.29, 1.82) is 0 Å². The van der Waals surface area contributed by atoms with Crippen molar-refractivity contribution in [3.05, 3.63) is 41.6 Å². The van der Waals surface area contributed by atoms with Crippen LogP contribution in [0.1, 0.15) is 43.0 Å². The number of rotatable bonds is 5. The van der Waals surface area contributed by atoms with Gasteiger partial charge in [-0.1, -0.05) is 0 Å². The SMILES string of the molecule is CCn1cc([C@H]2OCCC[C@@H]2NCc2ccc(C)o2)cn1. The van der Waals surface area contributed by atoms with E-state index in [0.717, 1.165) is 49.6 Å². The van der Waals surface area contributed by atoms with Crippen LogP contribution in [0.3, 0.4) is 0 Å². The Morgan fingerprint density at radius 1 is 1.43 bits per heavy atom. The van der Waals surface area contributed by atoms with Crippen LogP contribution < -0.4 is 5.32 Å². The molecule has 0 bridgehead atoms. The zero-order chi connectivity index (χ0) is 14.7. The lowest BCUT2D eigenvalue weighted by Crippen LogP contribution is -2.38. The molecule has 0 spiro atoms. The fourth-order valence-corrected chi connectivity index (χ4v) is 2.83. The molecule has 0 saturated carbocycles. The summed E-state index contributed by atoms with van der Waals surface area (Å²) in [5, 5.41) is 7.93. The van der Waals surface area contributed by atoms with Gasteiger partial charge in [0.15, 0.2) is 0 Å². The van der Waals surface area contributed by atoms with Crippen LogP contribution in [0.5, 0.6) is 0 Å². The van der Waals surface area contributed by atoms with Gasteiger partial charge in [-0.25, -0.2) is 0 Å². The van der Waals surface area contributed by atoms with Crippen LogP contribution in [-0.2, 0) is 17.8 Å². The van der Waals surface area contributed by atoms with Crippen molar-refractivity contribution >= 4 is 0 Å². The Bertz CT molecular complexity index is 576. The van der Waals surface area contributed by atoms with Gasteiger partial charge < -0.3 is 14.5 Å². The Labute approximate surface area is 125 Å². The normalized spacial score (nSPS) is 22.6. The minimum atomic E-state index is 0.0788. The van der Waals surface area contributed by atoms with E-state index in [2.05, 4.69) is 23.5 Å². The van der Waals surface area contributed by atoms with Gasteiger partial charge in [0.05, 0.1) is 12.7 Å². The van der Waals surface area contributed by atoms with Crippen molar-refractivity contribution in [3.8, 4) is 0 Å². The number of hydrogen-bond acceptors (Lipinski definition) is 4. The zero-order valence-electron chi connectivity index (χ0n) is 12.7. The van der Waals surface area contributed by atoms with E-state index in [1.54, 1.807) is 0 Å². The van der Waals surface area contributed by atoms with E-state index in [1.165, 1.54) is 0 Å². The Balaban J connectivity index is 1.66. The highest BCUT2D eigenvalue weighted by Gasteiger charge is 2.28. The number of aromatic nitrogens is 2. The highest BCUT2D eigenvalue weighted by atomic mass is 16.5. The summed E-state index contributed by atoms with van der Waals surface area (Å²) in [6, 6.07) is 4.33. The Kier molecular flexibility index (Phi) is 4.41. The molecule has 1 saturated heterocycles. The number of aryl methyl sites for hydroxylation is 2. The molecule has 0 aromatic carbocycles.